The summed E-state index contributed by atoms with van der Waals surface area (Å²) in [4.78, 5) is 44.9. The van der Waals surface area contributed by atoms with Crippen molar-refractivity contribution in [1.29, 1.82) is 0 Å². The lowest BCUT2D eigenvalue weighted by atomic mass is 9.94. The molecule has 12 heteroatoms. The molecule has 1 fully saturated rings. The lowest BCUT2D eigenvalue weighted by molar-refractivity contribution is -0.141. The smallest absolute Gasteiger partial charge is 0.332 e. The Kier molecular flexibility index (Phi) is 8.43. The van der Waals surface area contributed by atoms with E-state index in [2.05, 4.69) is 4.98 Å². The second-order valence-corrected chi connectivity index (χ2v) is 11.6. The van der Waals surface area contributed by atoms with Crippen LogP contribution in [0.1, 0.15) is 49.2 Å². The van der Waals surface area contributed by atoms with Crippen molar-refractivity contribution < 1.29 is 28.9 Å². The van der Waals surface area contributed by atoms with Gasteiger partial charge in [-0.25, -0.2) is 9.78 Å². The van der Waals surface area contributed by atoms with Gasteiger partial charge >= 0.3 is 11.7 Å². The fourth-order valence-electron chi connectivity index (χ4n) is 5.38. The average molecular weight is 584 g/mol. The Morgan fingerprint density at radius 1 is 1.17 bits per heavy atom. The van der Waals surface area contributed by atoms with E-state index in [0.29, 0.717) is 41.8 Å². The van der Waals surface area contributed by atoms with E-state index in [-0.39, 0.29) is 36.6 Å². The number of nitrogens with zero attached hydrogens (tertiary/aromatic N) is 3. The lowest BCUT2D eigenvalue weighted by Gasteiger charge is -2.31. The van der Waals surface area contributed by atoms with Crippen LogP contribution in [0, 0.1) is 12.8 Å². The molecule has 0 amide bonds. The van der Waals surface area contributed by atoms with E-state index in [9.17, 15) is 24.6 Å². The third-order valence-corrected chi connectivity index (χ3v) is 8.72. The van der Waals surface area contributed by atoms with Gasteiger partial charge in [-0.05, 0) is 38.7 Å². The molecule has 3 heterocycles. The summed E-state index contributed by atoms with van der Waals surface area (Å²) in [6, 6.07) is 7.41. The molecule has 4 aromatic rings. The van der Waals surface area contributed by atoms with Gasteiger partial charge in [-0.2, -0.15) is 0 Å². The Morgan fingerprint density at radius 2 is 1.90 bits per heavy atom. The zero-order chi connectivity index (χ0) is 29.3. The van der Waals surface area contributed by atoms with Crippen LogP contribution < -0.4 is 16.0 Å². The summed E-state index contributed by atoms with van der Waals surface area (Å²) in [5.41, 5.74) is -0.0122. The number of fused-ring (bicyclic) bond motifs is 1. The van der Waals surface area contributed by atoms with E-state index in [4.69, 9.17) is 13.9 Å². The summed E-state index contributed by atoms with van der Waals surface area (Å²) in [5.74, 6) is -1.27. The maximum atomic E-state index is 14.0. The molecule has 2 N–H and O–H groups in total. The number of aryl methyl sites for hydroxylation is 1. The molecule has 0 bridgehead atoms. The zero-order valence-corrected chi connectivity index (χ0v) is 23.9. The van der Waals surface area contributed by atoms with E-state index >= 15 is 0 Å². The number of benzene rings is 1. The van der Waals surface area contributed by atoms with E-state index in [1.807, 2.05) is 31.2 Å². The molecule has 1 aliphatic carbocycles. The van der Waals surface area contributed by atoms with E-state index in [1.54, 1.807) is 7.11 Å². The normalized spacial score (nSPS) is 18.8. The molecule has 1 aromatic carbocycles. The summed E-state index contributed by atoms with van der Waals surface area (Å²) in [6.45, 7) is 3.02. The second kappa shape index (κ2) is 12.0. The Hall–Kier alpha value is -3.74. The molecule has 1 aliphatic rings. The summed E-state index contributed by atoms with van der Waals surface area (Å²) in [7, 11) is 1.57. The highest BCUT2D eigenvalue weighted by atomic mass is 32.1. The fourth-order valence-corrected chi connectivity index (χ4v) is 6.51. The first-order valence-corrected chi connectivity index (χ1v) is 14.4. The van der Waals surface area contributed by atoms with Gasteiger partial charge < -0.3 is 24.1 Å². The number of oxazole rings is 1. The van der Waals surface area contributed by atoms with Crippen molar-refractivity contribution in [3.05, 3.63) is 68.0 Å². The molecule has 0 radical (unpaired) electrons. The number of carbonyl (C=O) groups is 1. The quantitative estimate of drug-likeness (QED) is 0.283. The van der Waals surface area contributed by atoms with Crippen LogP contribution in [-0.2, 0) is 22.6 Å². The van der Waals surface area contributed by atoms with Gasteiger partial charge in [0.25, 0.3) is 5.56 Å². The van der Waals surface area contributed by atoms with Crippen molar-refractivity contribution >= 4 is 27.5 Å². The van der Waals surface area contributed by atoms with E-state index in [0.717, 1.165) is 15.0 Å². The summed E-state index contributed by atoms with van der Waals surface area (Å²) >= 11 is 1.27. The molecule has 0 saturated heterocycles. The van der Waals surface area contributed by atoms with Crippen LogP contribution in [0.3, 0.4) is 0 Å². The number of ether oxygens (including phenoxy) is 2. The number of carboxylic acid groups (broad SMARTS) is 1. The third kappa shape index (κ3) is 5.72. The molecule has 11 nitrogen and oxygen atoms in total. The number of aliphatic carboxylic acids is 1. The van der Waals surface area contributed by atoms with Crippen LogP contribution in [0.5, 0.6) is 5.75 Å². The monoisotopic (exact) mass is 583 g/mol. The van der Waals surface area contributed by atoms with Gasteiger partial charge in [0.15, 0.2) is 0 Å². The standard InChI is InChI=1S/C29H33N3O8S/c1-16(28(35)36)14-31-26(34)24-23(25-30-12-13-39-25)17(2)41-27(24)32(29(31)37)15-22(20-6-4-5-7-21(20)38-3)40-19-10-8-18(33)9-11-19/h4-7,12-13,16,18-19,22,33H,8-11,14-15H2,1-3H3,(H,35,36)/t16?,18?,19?,22-/m0/s1. The van der Waals surface area contributed by atoms with Gasteiger partial charge in [-0.15, -0.1) is 11.3 Å². The van der Waals surface area contributed by atoms with E-state index < -0.39 is 29.2 Å². The third-order valence-electron chi connectivity index (χ3n) is 7.59. The van der Waals surface area contributed by atoms with Crippen LogP contribution in [0.4, 0.5) is 0 Å². The SMILES string of the molecule is COc1ccccc1[C@H](Cn1c(=O)n(CC(C)C(=O)O)c(=O)c2c(-c3ncco3)c(C)sc21)OC1CCC(O)CC1. The number of rotatable bonds is 10. The predicted molar refractivity (Wildman–Crippen MR) is 152 cm³/mol. The minimum Gasteiger partial charge on any atom is -0.496 e. The van der Waals surface area contributed by atoms with Gasteiger partial charge in [0, 0.05) is 17.0 Å². The van der Waals surface area contributed by atoms with Crippen LogP contribution >= 0.6 is 11.3 Å². The van der Waals surface area contributed by atoms with Crippen molar-refractivity contribution in [1.82, 2.24) is 14.1 Å². The second-order valence-electron chi connectivity index (χ2n) is 10.4. The number of aliphatic hydroxyl groups is 1. The minimum absolute atomic E-state index is 0.0431. The topological polar surface area (TPSA) is 146 Å². The molecular weight excluding hydrogens is 550 g/mol. The number of carboxylic acids is 1. The predicted octanol–water partition coefficient (Wildman–Crippen LogP) is 3.98. The van der Waals surface area contributed by atoms with Crippen LogP contribution in [0.15, 0.2) is 50.7 Å². The Bertz CT molecular complexity index is 1650. The number of methoxy groups -OCH3 is 1. The Balaban J connectivity index is 1.70. The number of para-hydroxylation sites is 1. The van der Waals surface area contributed by atoms with Gasteiger partial charge in [-0.3, -0.25) is 18.7 Å². The van der Waals surface area contributed by atoms with Crippen LogP contribution in [0.25, 0.3) is 21.7 Å². The highest BCUT2D eigenvalue weighted by Crippen LogP contribution is 2.37. The van der Waals surface area contributed by atoms with Gasteiger partial charge in [-0.1, -0.05) is 25.1 Å². The van der Waals surface area contributed by atoms with E-state index in [1.165, 1.54) is 35.3 Å². The number of aliphatic hydroxyl groups excluding tert-OH is 1. The number of hydrogen-bond donors (Lipinski definition) is 2. The molecule has 1 unspecified atom stereocenters. The van der Waals surface area contributed by atoms with Crippen molar-refractivity contribution in [2.24, 2.45) is 5.92 Å². The summed E-state index contributed by atoms with van der Waals surface area (Å²) in [6.07, 6.45) is 4.32. The summed E-state index contributed by atoms with van der Waals surface area (Å²) < 4.78 is 20.3. The Labute approximate surface area is 239 Å². The highest BCUT2D eigenvalue weighted by molar-refractivity contribution is 7.19. The molecule has 3 aromatic heterocycles. The molecule has 218 valence electrons. The number of aromatic nitrogens is 3. The first-order chi connectivity index (χ1) is 19.7. The first-order valence-electron chi connectivity index (χ1n) is 13.5. The number of hydrogen-bond acceptors (Lipinski definition) is 9. The van der Waals surface area contributed by atoms with Crippen molar-refractivity contribution in [3.8, 4) is 17.2 Å². The maximum Gasteiger partial charge on any atom is 0.332 e. The lowest BCUT2D eigenvalue weighted by Crippen LogP contribution is -2.43. The van der Waals surface area contributed by atoms with Gasteiger partial charge in [0.2, 0.25) is 5.89 Å². The molecular formula is C29H33N3O8S. The van der Waals surface area contributed by atoms with Crippen LogP contribution in [0.2, 0.25) is 0 Å². The molecule has 5 rings (SSSR count). The van der Waals surface area contributed by atoms with Crippen LogP contribution in [-0.4, -0.2) is 49.6 Å². The fraction of sp³-hybridized carbons (Fsp3) is 0.448. The van der Waals surface area contributed by atoms with Crippen molar-refractivity contribution in [2.75, 3.05) is 7.11 Å². The van der Waals surface area contributed by atoms with Gasteiger partial charge in [0.1, 0.15) is 22.9 Å². The van der Waals surface area contributed by atoms with Crippen molar-refractivity contribution in [2.45, 2.75) is 70.9 Å². The molecule has 2 atom stereocenters. The highest BCUT2D eigenvalue weighted by Gasteiger charge is 2.30. The minimum atomic E-state index is -1.12. The first kappa shape index (κ1) is 28.8. The summed E-state index contributed by atoms with van der Waals surface area (Å²) in [5, 5.41) is 19.8. The Morgan fingerprint density at radius 3 is 2.56 bits per heavy atom. The maximum absolute atomic E-state index is 14.0. The average Bonchev–Trinajstić information content (AvgIpc) is 3.61. The largest absolute Gasteiger partial charge is 0.496 e. The van der Waals surface area contributed by atoms with Gasteiger partial charge in [0.05, 0.1) is 48.9 Å². The molecule has 0 spiro atoms. The molecule has 41 heavy (non-hydrogen) atoms. The number of thiophene rings is 1. The molecule has 1 saturated carbocycles. The van der Waals surface area contributed by atoms with Crippen molar-refractivity contribution in [3.63, 3.8) is 0 Å². The zero-order valence-electron chi connectivity index (χ0n) is 23.1. The molecule has 0 aliphatic heterocycles.